The molecule has 20 heavy (non-hydrogen) atoms. The van der Waals surface area contributed by atoms with Crippen LogP contribution in [-0.4, -0.2) is 26.8 Å². The molecule has 0 aromatic heterocycles. The number of rotatable bonds is 8. The first-order valence-electron chi connectivity index (χ1n) is 6.15. The second-order valence-electron chi connectivity index (χ2n) is 4.07. The predicted molar refractivity (Wildman–Crippen MR) is 66.3 cm³/mol. The summed E-state index contributed by atoms with van der Waals surface area (Å²) >= 11 is 0. The number of unbranched alkanes of at least 4 members (excludes halogenated alkanes) is 1. The van der Waals surface area contributed by atoms with Gasteiger partial charge in [0, 0.05) is 12.7 Å². The smallest absolute Gasteiger partial charge is 0.494 e. The maximum atomic E-state index is 12.9. The third-order valence-electron chi connectivity index (χ3n) is 2.46. The topological polar surface area (TPSA) is 18.5 Å². The van der Waals surface area contributed by atoms with E-state index in [-0.39, 0.29) is 64.6 Å². The molecule has 8 heteroatoms. The summed E-state index contributed by atoms with van der Waals surface area (Å²) in [7, 11) is 0. The van der Waals surface area contributed by atoms with Crippen LogP contribution in [0, 0.1) is 5.82 Å². The van der Waals surface area contributed by atoms with Gasteiger partial charge in [-0.1, -0.05) is 24.9 Å². The van der Waals surface area contributed by atoms with Crippen LogP contribution in [0.1, 0.15) is 19.8 Å². The molecule has 0 saturated heterocycles. The van der Waals surface area contributed by atoms with E-state index < -0.39 is 24.0 Å². The minimum absolute atomic E-state index is 0. The van der Waals surface area contributed by atoms with Crippen molar-refractivity contribution in [3.63, 3.8) is 0 Å². The van der Waals surface area contributed by atoms with E-state index >= 15 is 0 Å². The molecule has 0 fully saturated rings. The minimum atomic E-state index is -5.22. The molecule has 0 atom stereocenters. The molecule has 0 aliphatic carbocycles. The SMILES string of the molecule is CCCCOCCOc1cc(F)ccc1[B-](F)(F)F.[K+]. The predicted octanol–water partition coefficient (Wildman–Crippen LogP) is 0.0796. The molecule has 0 saturated carbocycles. The first-order valence-corrected chi connectivity index (χ1v) is 6.15. The van der Waals surface area contributed by atoms with E-state index in [4.69, 9.17) is 9.47 Å². The van der Waals surface area contributed by atoms with Crippen molar-refractivity contribution in [2.75, 3.05) is 19.8 Å². The second kappa shape index (κ2) is 10.2. The number of hydrogen-bond donors (Lipinski definition) is 0. The molecule has 1 rings (SSSR count). The van der Waals surface area contributed by atoms with Crippen molar-refractivity contribution >= 4 is 12.4 Å². The summed E-state index contributed by atoms with van der Waals surface area (Å²) in [6.07, 6.45) is 1.86. The Morgan fingerprint density at radius 3 is 2.40 bits per heavy atom. The molecule has 0 aliphatic heterocycles. The monoisotopic (exact) mass is 318 g/mol. The van der Waals surface area contributed by atoms with Crippen molar-refractivity contribution < 1.29 is 78.2 Å². The van der Waals surface area contributed by atoms with E-state index in [0.717, 1.165) is 25.0 Å². The zero-order chi connectivity index (χ0) is 14.3. The van der Waals surface area contributed by atoms with Gasteiger partial charge in [-0.2, -0.15) is 0 Å². The molecule has 1 aromatic rings. The van der Waals surface area contributed by atoms with Gasteiger partial charge >= 0.3 is 58.4 Å². The molecule has 2 nitrogen and oxygen atoms in total. The van der Waals surface area contributed by atoms with Gasteiger partial charge in [0.2, 0.25) is 0 Å². The molecule has 1 aromatic carbocycles. The van der Waals surface area contributed by atoms with Crippen molar-refractivity contribution in [1.82, 2.24) is 0 Å². The Hall–Kier alpha value is 0.401. The first kappa shape index (κ1) is 20.4. The van der Waals surface area contributed by atoms with Gasteiger partial charge in [0.1, 0.15) is 12.4 Å². The fraction of sp³-hybridized carbons (Fsp3) is 0.500. The zero-order valence-electron chi connectivity index (χ0n) is 11.7. The van der Waals surface area contributed by atoms with Crippen LogP contribution in [0.5, 0.6) is 5.75 Å². The summed E-state index contributed by atoms with van der Waals surface area (Å²) in [5.41, 5.74) is -0.921. The number of ether oxygens (including phenoxy) is 2. The quantitative estimate of drug-likeness (QED) is 0.384. The summed E-state index contributed by atoms with van der Waals surface area (Å²) < 4.78 is 61.1. The normalized spacial score (nSPS) is 11.1. The summed E-state index contributed by atoms with van der Waals surface area (Å²) in [5, 5.41) is 0. The molecule has 0 aliphatic rings. The van der Waals surface area contributed by atoms with Gasteiger partial charge in [-0.05, 0) is 12.5 Å². The van der Waals surface area contributed by atoms with Crippen molar-refractivity contribution in [3.05, 3.63) is 24.0 Å². The van der Waals surface area contributed by atoms with E-state index in [9.17, 15) is 17.3 Å². The molecule has 0 heterocycles. The molecule has 0 bridgehead atoms. The summed E-state index contributed by atoms with van der Waals surface area (Å²) in [6, 6.07) is 2.22. The van der Waals surface area contributed by atoms with Gasteiger partial charge in [0.25, 0.3) is 0 Å². The van der Waals surface area contributed by atoms with E-state index in [0.29, 0.717) is 12.7 Å². The largest absolute Gasteiger partial charge is 1.00 e. The zero-order valence-corrected chi connectivity index (χ0v) is 14.8. The minimum Gasteiger partial charge on any atom is -0.494 e. The third-order valence-corrected chi connectivity index (χ3v) is 2.46. The average Bonchev–Trinajstić information content (AvgIpc) is 2.32. The van der Waals surface area contributed by atoms with Gasteiger partial charge in [0.15, 0.2) is 0 Å². The first-order chi connectivity index (χ1) is 8.95. The molecule has 0 radical (unpaired) electrons. The molecule has 0 N–H and O–H groups in total. The molecular formula is C12H16BF4KO2. The fourth-order valence-corrected chi connectivity index (χ4v) is 1.46. The summed E-state index contributed by atoms with van der Waals surface area (Å²) in [4.78, 5) is 0. The van der Waals surface area contributed by atoms with Crippen LogP contribution in [0.4, 0.5) is 17.3 Å². The Bertz CT molecular complexity index is 402. The van der Waals surface area contributed by atoms with Gasteiger partial charge in [-0.15, -0.1) is 0 Å². The van der Waals surface area contributed by atoms with Gasteiger partial charge in [-0.25, -0.2) is 4.39 Å². The van der Waals surface area contributed by atoms with Crippen LogP contribution in [0.3, 0.4) is 0 Å². The molecular weight excluding hydrogens is 302 g/mol. The maximum Gasteiger partial charge on any atom is 1.00 e. The van der Waals surface area contributed by atoms with Crippen LogP contribution < -0.4 is 61.6 Å². The van der Waals surface area contributed by atoms with Crippen molar-refractivity contribution in [1.29, 1.82) is 0 Å². The average molecular weight is 318 g/mol. The standard InChI is InChI=1S/C12H16BF4O2.K/c1-2-3-6-18-7-8-19-12-9-10(14)4-5-11(12)13(15,16)17;/h4-5,9H,2-3,6-8H2,1H3;/q-1;+1. The van der Waals surface area contributed by atoms with Crippen molar-refractivity contribution in [2.24, 2.45) is 0 Å². The van der Waals surface area contributed by atoms with Gasteiger partial charge in [-0.3, -0.25) is 0 Å². The maximum absolute atomic E-state index is 12.9. The Balaban J connectivity index is 0.00000361. The van der Waals surface area contributed by atoms with Crippen molar-refractivity contribution in [2.45, 2.75) is 19.8 Å². The summed E-state index contributed by atoms with van der Waals surface area (Å²) in [6.45, 7) is -2.53. The van der Waals surface area contributed by atoms with E-state index in [1.807, 2.05) is 6.92 Å². The summed E-state index contributed by atoms with van der Waals surface area (Å²) in [5.74, 6) is -1.24. The van der Waals surface area contributed by atoms with Crippen LogP contribution in [0.2, 0.25) is 0 Å². The Kier molecular flexibility index (Phi) is 10.4. The van der Waals surface area contributed by atoms with E-state index in [1.54, 1.807) is 0 Å². The van der Waals surface area contributed by atoms with Crippen LogP contribution >= 0.6 is 0 Å². The third kappa shape index (κ3) is 7.42. The number of hydrogen-bond acceptors (Lipinski definition) is 2. The van der Waals surface area contributed by atoms with E-state index in [2.05, 4.69) is 0 Å². The second-order valence-corrected chi connectivity index (χ2v) is 4.07. The van der Waals surface area contributed by atoms with Crippen LogP contribution in [0.25, 0.3) is 0 Å². The number of benzene rings is 1. The van der Waals surface area contributed by atoms with Crippen LogP contribution in [-0.2, 0) is 4.74 Å². The molecule has 0 amide bonds. The Morgan fingerprint density at radius 1 is 1.10 bits per heavy atom. The molecule has 108 valence electrons. The van der Waals surface area contributed by atoms with Gasteiger partial charge < -0.3 is 22.4 Å². The molecule has 0 unspecified atom stereocenters. The Labute approximate surface area is 158 Å². The van der Waals surface area contributed by atoms with E-state index in [1.165, 1.54) is 0 Å². The number of halogens is 4. The Morgan fingerprint density at radius 2 is 1.80 bits per heavy atom. The van der Waals surface area contributed by atoms with Crippen LogP contribution in [0.15, 0.2) is 18.2 Å². The van der Waals surface area contributed by atoms with Gasteiger partial charge in [0.05, 0.1) is 12.4 Å². The fourth-order valence-electron chi connectivity index (χ4n) is 1.46. The molecule has 0 spiro atoms. The van der Waals surface area contributed by atoms with Crippen molar-refractivity contribution in [3.8, 4) is 5.75 Å².